The highest BCUT2D eigenvalue weighted by atomic mass is 16.7. The van der Waals surface area contributed by atoms with E-state index in [2.05, 4.69) is 0 Å². The molecule has 3 heterocycles. The molecular weight excluding hydrogens is 254 g/mol. The lowest BCUT2D eigenvalue weighted by Crippen LogP contribution is -2.51. The fourth-order valence-electron chi connectivity index (χ4n) is 2.67. The van der Waals surface area contributed by atoms with E-state index in [0.29, 0.717) is 12.0 Å². The molecule has 3 rings (SSSR count). The SMILES string of the molecule is O=Cc1ccc2n1C[C@]1(OC2)O[C@H](CO)[C@@H](O)[C@H]1O. The molecule has 0 radical (unpaired) electrons. The van der Waals surface area contributed by atoms with Gasteiger partial charge in [-0.1, -0.05) is 0 Å². The summed E-state index contributed by atoms with van der Waals surface area (Å²) in [7, 11) is 0. The van der Waals surface area contributed by atoms with Crippen LogP contribution in [0.25, 0.3) is 0 Å². The smallest absolute Gasteiger partial charge is 0.216 e. The molecule has 0 aromatic carbocycles. The molecule has 3 N–H and O–H groups in total. The Hall–Kier alpha value is -1.25. The maximum atomic E-state index is 11.0. The molecule has 0 unspecified atom stereocenters. The largest absolute Gasteiger partial charge is 0.394 e. The van der Waals surface area contributed by atoms with Gasteiger partial charge in [0.2, 0.25) is 5.79 Å². The van der Waals surface area contributed by atoms with Gasteiger partial charge >= 0.3 is 0 Å². The van der Waals surface area contributed by atoms with Crippen LogP contribution in [-0.4, -0.2) is 56.9 Å². The normalized spacial score (nSPS) is 37.5. The maximum Gasteiger partial charge on any atom is 0.216 e. The summed E-state index contributed by atoms with van der Waals surface area (Å²) < 4.78 is 12.7. The van der Waals surface area contributed by atoms with Crippen LogP contribution in [-0.2, 0) is 22.6 Å². The summed E-state index contributed by atoms with van der Waals surface area (Å²) in [5.74, 6) is -1.42. The second-order valence-electron chi connectivity index (χ2n) is 4.83. The zero-order valence-corrected chi connectivity index (χ0v) is 10.1. The van der Waals surface area contributed by atoms with Gasteiger partial charge in [-0.25, -0.2) is 0 Å². The second kappa shape index (κ2) is 4.39. The van der Waals surface area contributed by atoms with Crippen molar-refractivity contribution in [1.82, 2.24) is 4.57 Å². The van der Waals surface area contributed by atoms with Crippen LogP contribution in [0.2, 0.25) is 0 Å². The molecular formula is C12H15NO6. The average Bonchev–Trinajstić information content (AvgIpc) is 2.93. The summed E-state index contributed by atoms with van der Waals surface area (Å²) in [5.41, 5.74) is 1.25. The van der Waals surface area contributed by atoms with Crippen LogP contribution in [0.4, 0.5) is 0 Å². The van der Waals surface area contributed by atoms with Crippen molar-refractivity contribution in [2.45, 2.75) is 37.3 Å². The van der Waals surface area contributed by atoms with E-state index in [1.54, 1.807) is 16.7 Å². The van der Waals surface area contributed by atoms with Crippen molar-refractivity contribution in [2.24, 2.45) is 0 Å². The molecule has 2 aliphatic rings. The molecule has 104 valence electrons. The van der Waals surface area contributed by atoms with Gasteiger partial charge in [0, 0.05) is 5.69 Å². The first-order valence-electron chi connectivity index (χ1n) is 6.03. The number of ether oxygens (including phenoxy) is 2. The first-order chi connectivity index (χ1) is 9.11. The summed E-state index contributed by atoms with van der Waals surface area (Å²) in [6.07, 6.45) is -2.68. The third-order valence-corrected chi connectivity index (χ3v) is 3.75. The third-order valence-electron chi connectivity index (χ3n) is 3.75. The van der Waals surface area contributed by atoms with Crippen LogP contribution in [0, 0.1) is 0 Å². The van der Waals surface area contributed by atoms with E-state index < -0.39 is 30.7 Å². The quantitative estimate of drug-likeness (QED) is 0.573. The highest BCUT2D eigenvalue weighted by Crippen LogP contribution is 2.38. The minimum atomic E-state index is -1.42. The van der Waals surface area contributed by atoms with Crippen LogP contribution in [0.3, 0.4) is 0 Å². The molecule has 0 saturated carbocycles. The number of rotatable bonds is 2. The lowest BCUT2D eigenvalue weighted by molar-refractivity contribution is -0.283. The van der Waals surface area contributed by atoms with Gasteiger partial charge in [-0.2, -0.15) is 0 Å². The standard InChI is InChI=1S/C12H15NO6/c14-3-7-1-2-8-5-18-12(6-13(7)8)11(17)10(16)9(4-15)19-12/h1-3,9-11,15-17H,4-6H2/t9-,10-,11-,12+/m1/s1. The number of fused-ring (bicyclic) bond motifs is 1. The van der Waals surface area contributed by atoms with Gasteiger partial charge in [-0.15, -0.1) is 0 Å². The van der Waals surface area contributed by atoms with Crippen LogP contribution >= 0.6 is 0 Å². The van der Waals surface area contributed by atoms with Crippen LogP contribution in [0.1, 0.15) is 16.2 Å². The van der Waals surface area contributed by atoms with Crippen molar-refractivity contribution in [3.05, 3.63) is 23.5 Å². The number of carbonyl (C=O) groups is 1. The topological polar surface area (TPSA) is 101 Å². The molecule has 1 saturated heterocycles. The number of aldehydes is 1. The number of hydrogen-bond acceptors (Lipinski definition) is 6. The van der Waals surface area contributed by atoms with Crippen molar-refractivity contribution in [1.29, 1.82) is 0 Å². The number of hydrogen-bond donors (Lipinski definition) is 3. The summed E-state index contributed by atoms with van der Waals surface area (Å²) in [5, 5.41) is 29.0. The summed E-state index contributed by atoms with van der Waals surface area (Å²) in [6, 6.07) is 3.42. The summed E-state index contributed by atoms with van der Waals surface area (Å²) in [4.78, 5) is 11.0. The first-order valence-corrected chi connectivity index (χ1v) is 6.03. The molecule has 19 heavy (non-hydrogen) atoms. The maximum absolute atomic E-state index is 11.0. The molecule has 0 aliphatic carbocycles. The molecule has 0 amide bonds. The molecule has 7 nitrogen and oxygen atoms in total. The number of aliphatic hydroxyl groups is 3. The van der Waals surface area contributed by atoms with Gasteiger partial charge in [-0.05, 0) is 12.1 Å². The Morgan fingerprint density at radius 1 is 1.47 bits per heavy atom. The van der Waals surface area contributed by atoms with Gasteiger partial charge in [0.15, 0.2) is 6.29 Å². The van der Waals surface area contributed by atoms with Gasteiger partial charge in [0.25, 0.3) is 0 Å². The van der Waals surface area contributed by atoms with E-state index in [1.807, 2.05) is 0 Å². The highest BCUT2D eigenvalue weighted by molar-refractivity contribution is 5.72. The van der Waals surface area contributed by atoms with Crippen molar-refractivity contribution >= 4 is 6.29 Å². The predicted molar refractivity (Wildman–Crippen MR) is 61.3 cm³/mol. The lowest BCUT2D eigenvalue weighted by Gasteiger charge is -2.37. The average molecular weight is 269 g/mol. The van der Waals surface area contributed by atoms with Crippen LogP contribution in [0.5, 0.6) is 0 Å². The first kappa shape index (κ1) is 12.8. The van der Waals surface area contributed by atoms with Crippen molar-refractivity contribution in [3.63, 3.8) is 0 Å². The van der Waals surface area contributed by atoms with Crippen LogP contribution in [0.15, 0.2) is 12.1 Å². The number of aromatic nitrogens is 1. The summed E-state index contributed by atoms with van der Waals surface area (Å²) >= 11 is 0. The minimum absolute atomic E-state index is 0.0954. The Balaban J connectivity index is 1.94. The number of nitrogens with zero attached hydrogens (tertiary/aromatic N) is 1. The fraction of sp³-hybridized carbons (Fsp3) is 0.583. The van der Waals surface area contributed by atoms with Gasteiger partial charge in [0.1, 0.15) is 18.3 Å². The molecule has 7 heteroatoms. The molecule has 0 bridgehead atoms. The van der Waals surface area contributed by atoms with Gasteiger partial charge in [-0.3, -0.25) is 4.79 Å². The van der Waals surface area contributed by atoms with E-state index in [0.717, 1.165) is 5.69 Å². The molecule has 1 aromatic rings. The Bertz CT molecular complexity index is 500. The minimum Gasteiger partial charge on any atom is -0.394 e. The van der Waals surface area contributed by atoms with E-state index in [1.165, 1.54) is 0 Å². The van der Waals surface area contributed by atoms with Crippen LogP contribution < -0.4 is 0 Å². The van der Waals surface area contributed by atoms with Gasteiger partial charge in [0.05, 0.1) is 25.5 Å². The predicted octanol–water partition coefficient (Wildman–Crippen LogP) is -1.36. The van der Waals surface area contributed by atoms with Gasteiger partial charge < -0.3 is 29.4 Å². The molecule has 2 aliphatic heterocycles. The molecule has 1 fully saturated rings. The van der Waals surface area contributed by atoms with Crippen molar-refractivity contribution < 1.29 is 29.6 Å². The van der Waals surface area contributed by atoms with E-state index in [4.69, 9.17) is 14.6 Å². The van der Waals surface area contributed by atoms with E-state index in [9.17, 15) is 15.0 Å². The number of carbonyl (C=O) groups excluding carboxylic acids is 1. The highest BCUT2D eigenvalue weighted by Gasteiger charge is 2.56. The zero-order valence-electron chi connectivity index (χ0n) is 10.1. The fourth-order valence-corrected chi connectivity index (χ4v) is 2.67. The molecule has 1 aromatic heterocycles. The number of aliphatic hydroxyl groups excluding tert-OH is 3. The Labute approximate surface area is 109 Å². The van der Waals surface area contributed by atoms with Crippen molar-refractivity contribution in [3.8, 4) is 0 Å². The second-order valence-corrected chi connectivity index (χ2v) is 4.83. The molecule has 1 spiro atoms. The Morgan fingerprint density at radius 3 is 2.89 bits per heavy atom. The monoisotopic (exact) mass is 269 g/mol. The summed E-state index contributed by atoms with van der Waals surface area (Å²) in [6.45, 7) is -0.156. The third kappa shape index (κ3) is 1.74. The zero-order chi connectivity index (χ0) is 13.6. The Kier molecular flexibility index (Phi) is 2.95. The van der Waals surface area contributed by atoms with Crippen molar-refractivity contribution in [2.75, 3.05) is 6.61 Å². The lowest BCUT2D eigenvalue weighted by atomic mass is 10.0. The van der Waals surface area contributed by atoms with E-state index in [-0.39, 0.29) is 13.2 Å². The molecule has 4 atom stereocenters. The van der Waals surface area contributed by atoms with E-state index >= 15 is 0 Å². The Morgan fingerprint density at radius 2 is 2.26 bits per heavy atom.